The van der Waals surface area contributed by atoms with Gasteiger partial charge in [-0.05, 0) is 16.2 Å². The Balaban J connectivity index is 3.41. The van der Waals surface area contributed by atoms with Crippen LogP contribution in [0.15, 0.2) is 12.2 Å². The Morgan fingerprint density at radius 3 is 2.85 bits per heavy atom. The normalized spacial score (nSPS) is 13.4. The minimum Gasteiger partial charge on any atom is -0.481 e. The van der Waals surface area contributed by atoms with Crippen LogP contribution in [0, 0.1) is 0 Å². The van der Waals surface area contributed by atoms with Gasteiger partial charge in [-0.25, -0.2) is 0 Å². The molecule has 0 amide bonds. The summed E-state index contributed by atoms with van der Waals surface area (Å²) in [4.78, 5) is 10.1. The molecule has 0 heterocycles. The molecule has 0 saturated carbocycles. The van der Waals surface area contributed by atoms with Gasteiger partial charge in [0, 0.05) is 5.75 Å². The van der Waals surface area contributed by atoms with Crippen LogP contribution in [0.2, 0.25) is 0 Å². The molecule has 0 aromatic rings. The number of aliphatic carboxylic acids is 1. The van der Waals surface area contributed by atoms with E-state index in [1.54, 1.807) is 16.9 Å². The zero-order valence-corrected chi connectivity index (χ0v) is 9.45. The Bertz CT molecular complexity index is 172. The van der Waals surface area contributed by atoms with Gasteiger partial charge in [-0.3, -0.25) is 4.79 Å². The summed E-state index contributed by atoms with van der Waals surface area (Å²) < 4.78 is 0. The molecule has 6 heteroatoms. The predicted molar refractivity (Wildman–Crippen MR) is 61.1 cm³/mol. The van der Waals surface area contributed by atoms with Crippen molar-refractivity contribution in [1.29, 1.82) is 0 Å². The van der Waals surface area contributed by atoms with E-state index >= 15 is 0 Å². The maximum Gasteiger partial charge on any atom is 0.306 e. The van der Waals surface area contributed by atoms with Gasteiger partial charge in [0.25, 0.3) is 0 Å². The largest absolute Gasteiger partial charge is 0.481 e. The number of aliphatic hydroxyl groups excluding tert-OH is 1. The van der Waals surface area contributed by atoms with Crippen molar-refractivity contribution in [2.75, 3.05) is 5.75 Å². The number of hydrogen-bond donors (Lipinski definition) is 3. The fraction of sp³-hybridized carbons (Fsp3) is 0.571. The Hall–Kier alpha value is 0.220. The van der Waals surface area contributed by atoms with E-state index in [9.17, 15) is 4.79 Å². The van der Waals surface area contributed by atoms with Crippen molar-refractivity contribution in [3.63, 3.8) is 0 Å². The molecule has 1 unspecified atom stereocenters. The number of thiol groups is 1. The molecular weight excluding hydrogens is 228 g/mol. The molecule has 0 spiro atoms. The predicted octanol–water partition coefficient (Wildman–Crippen LogP) is 1.99. The lowest BCUT2D eigenvalue weighted by Gasteiger charge is -1.99. The maximum atomic E-state index is 10.1. The lowest BCUT2D eigenvalue weighted by atomic mass is 10.2. The number of carbonyl (C=O) groups is 1. The average Bonchev–Trinajstić information content (AvgIpc) is 2.02. The first-order valence-electron chi connectivity index (χ1n) is 3.66. The second kappa shape index (κ2) is 8.80. The van der Waals surface area contributed by atoms with Crippen LogP contribution in [-0.4, -0.2) is 28.0 Å². The maximum absolute atomic E-state index is 10.1. The molecular formula is C7H12O3S3. The van der Waals surface area contributed by atoms with Crippen LogP contribution < -0.4 is 0 Å². The third-order valence-corrected chi connectivity index (χ3v) is 3.44. The lowest BCUT2D eigenvalue weighted by molar-refractivity contribution is -0.138. The smallest absolute Gasteiger partial charge is 0.306 e. The van der Waals surface area contributed by atoms with Gasteiger partial charge in [0.05, 0.1) is 12.5 Å². The van der Waals surface area contributed by atoms with Gasteiger partial charge in [-0.15, -0.1) is 0 Å². The number of hydrogen-bond acceptors (Lipinski definition) is 5. The fourth-order valence-electron chi connectivity index (χ4n) is 0.654. The number of rotatable bonds is 7. The van der Waals surface area contributed by atoms with Crippen molar-refractivity contribution in [2.24, 2.45) is 0 Å². The lowest BCUT2D eigenvalue weighted by Crippen LogP contribution is -2.09. The zero-order valence-electron chi connectivity index (χ0n) is 6.92. The summed E-state index contributed by atoms with van der Waals surface area (Å²) in [5.74, 6) is -0.0813. The highest BCUT2D eigenvalue weighted by Crippen LogP contribution is 2.25. The summed E-state index contributed by atoms with van der Waals surface area (Å²) in [6.07, 6.45) is 3.01. The van der Waals surface area contributed by atoms with Gasteiger partial charge in [-0.2, -0.15) is 0 Å². The molecule has 0 radical (unpaired) electrons. The first kappa shape index (κ1) is 13.2. The van der Waals surface area contributed by atoms with Gasteiger partial charge in [-0.1, -0.05) is 34.6 Å². The molecule has 0 rings (SSSR count). The Morgan fingerprint density at radius 1 is 1.62 bits per heavy atom. The quantitative estimate of drug-likeness (QED) is 0.275. The van der Waals surface area contributed by atoms with Gasteiger partial charge in [0.2, 0.25) is 0 Å². The molecule has 2 N–H and O–H groups in total. The van der Waals surface area contributed by atoms with Crippen molar-refractivity contribution in [3.05, 3.63) is 12.2 Å². The third-order valence-electron chi connectivity index (χ3n) is 1.16. The number of carboxylic acids is 1. The van der Waals surface area contributed by atoms with E-state index in [2.05, 4.69) is 11.7 Å². The summed E-state index contributed by atoms with van der Waals surface area (Å²) >= 11 is 3.94. The molecule has 1 atom stereocenters. The molecule has 0 fully saturated rings. The molecule has 0 aromatic heterocycles. The molecule has 0 saturated heterocycles. The number of carboxylic acid groups (broad SMARTS) is 1. The number of allylic oxidation sites excluding steroid dienone is 1. The molecule has 76 valence electrons. The van der Waals surface area contributed by atoms with Crippen LogP contribution in [0.3, 0.4) is 0 Å². The third kappa shape index (κ3) is 10.1. The van der Waals surface area contributed by atoms with Crippen molar-refractivity contribution in [2.45, 2.75) is 18.9 Å². The Kier molecular flexibility index (Phi) is 8.95. The molecule has 0 aliphatic heterocycles. The van der Waals surface area contributed by atoms with Gasteiger partial charge in [0.1, 0.15) is 0 Å². The van der Waals surface area contributed by atoms with E-state index in [1.165, 1.54) is 15.9 Å². The van der Waals surface area contributed by atoms with Crippen LogP contribution in [0.5, 0.6) is 0 Å². The molecule has 13 heavy (non-hydrogen) atoms. The first-order valence-corrected chi connectivity index (χ1v) is 7.03. The van der Waals surface area contributed by atoms with Crippen molar-refractivity contribution in [1.82, 2.24) is 0 Å². The fourth-order valence-corrected chi connectivity index (χ4v) is 2.14. The van der Waals surface area contributed by atoms with Crippen molar-refractivity contribution >= 4 is 38.2 Å². The monoisotopic (exact) mass is 240 g/mol. The van der Waals surface area contributed by atoms with E-state index in [1.807, 2.05) is 0 Å². The minimum atomic E-state index is -0.988. The summed E-state index contributed by atoms with van der Waals surface area (Å²) in [6, 6.07) is 0. The Labute approximate surface area is 90.2 Å². The van der Waals surface area contributed by atoms with E-state index in [0.717, 1.165) is 12.2 Å². The highest BCUT2D eigenvalue weighted by molar-refractivity contribution is 9.05. The standard InChI is InChI=1S/C7H12O3S3/c8-6(5-7(9)10)3-1-2-4-12-13-11/h1,3,6,8,11H,2,4-5H2,(H,9,10). The number of aliphatic hydroxyl groups is 1. The first-order chi connectivity index (χ1) is 6.16. The van der Waals surface area contributed by atoms with Crippen LogP contribution in [0.4, 0.5) is 0 Å². The van der Waals surface area contributed by atoms with Crippen LogP contribution >= 0.6 is 32.3 Å². The topological polar surface area (TPSA) is 57.5 Å². The van der Waals surface area contributed by atoms with Crippen LogP contribution in [0.1, 0.15) is 12.8 Å². The van der Waals surface area contributed by atoms with E-state index in [0.29, 0.717) is 0 Å². The van der Waals surface area contributed by atoms with E-state index in [4.69, 9.17) is 10.2 Å². The van der Waals surface area contributed by atoms with Gasteiger partial charge in [0.15, 0.2) is 0 Å². The molecule has 0 bridgehead atoms. The molecule has 0 aliphatic rings. The van der Waals surface area contributed by atoms with Gasteiger partial charge >= 0.3 is 5.97 Å². The summed E-state index contributed by atoms with van der Waals surface area (Å²) in [5.41, 5.74) is 0. The van der Waals surface area contributed by atoms with E-state index < -0.39 is 12.1 Å². The van der Waals surface area contributed by atoms with Gasteiger partial charge < -0.3 is 10.2 Å². The highest BCUT2D eigenvalue weighted by Gasteiger charge is 2.03. The average molecular weight is 240 g/mol. The molecule has 0 aliphatic carbocycles. The zero-order chi connectivity index (χ0) is 10.1. The SMILES string of the molecule is O=C(O)CC(O)C=CCCSSS. The summed E-state index contributed by atoms with van der Waals surface area (Å²) in [5, 5.41) is 17.4. The summed E-state index contributed by atoms with van der Waals surface area (Å²) in [7, 11) is 3.00. The summed E-state index contributed by atoms with van der Waals surface area (Å²) in [6.45, 7) is 0. The second-order valence-corrected chi connectivity index (χ2v) is 5.57. The Morgan fingerprint density at radius 2 is 2.31 bits per heavy atom. The minimum absolute atomic E-state index is 0.231. The molecule has 0 aromatic carbocycles. The second-order valence-electron chi connectivity index (χ2n) is 2.28. The molecule has 3 nitrogen and oxygen atoms in total. The highest BCUT2D eigenvalue weighted by atomic mass is 33.5. The van der Waals surface area contributed by atoms with Crippen molar-refractivity contribution in [3.8, 4) is 0 Å². The van der Waals surface area contributed by atoms with Crippen LogP contribution in [0.25, 0.3) is 0 Å². The van der Waals surface area contributed by atoms with Crippen LogP contribution in [-0.2, 0) is 4.79 Å². The van der Waals surface area contributed by atoms with Crippen molar-refractivity contribution < 1.29 is 15.0 Å². The van der Waals surface area contributed by atoms with E-state index in [-0.39, 0.29) is 6.42 Å².